The first kappa shape index (κ1) is 18.5. The number of hydrogen-bond acceptors (Lipinski definition) is 3. The van der Waals surface area contributed by atoms with Crippen LogP contribution in [0.2, 0.25) is 0 Å². The number of rotatable bonds is 6. The molecule has 142 valence electrons. The molecule has 3 aromatic rings. The number of para-hydroxylation sites is 1. The lowest BCUT2D eigenvalue weighted by molar-refractivity contribution is 0.0910. The lowest BCUT2D eigenvalue weighted by Gasteiger charge is -2.40. The molecule has 0 bridgehead atoms. The Labute approximate surface area is 167 Å². The lowest BCUT2D eigenvalue weighted by Crippen LogP contribution is -2.48. The van der Waals surface area contributed by atoms with Crippen LogP contribution in [-0.2, 0) is 0 Å². The van der Waals surface area contributed by atoms with E-state index in [-0.39, 0.29) is 11.8 Å². The molecule has 0 N–H and O–H groups in total. The van der Waals surface area contributed by atoms with E-state index in [9.17, 15) is 4.79 Å². The molecule has 3 aromatic carbocycles. The van der Waals surface area contributed by atoms with Crippen molar-refractivity contribution in [3.05, 3.63) is 102 Å². The number of anilines is 1. The van der Waals surface area contributed by atoms with E-state index in [1.807, 2.05) is 36.4 Å². The molecule has 0 aliphatic carbocycles. The Morgan fingerprint density at radius 2 is 1.25 bits per heavy atom. The lowest BCUT2D eigenvalue weighted by atomic mass is 9.96. The number of piperazine rings is 1. The van der Waals surface area contributed by atoms with Crippen molar-refractivity contribution in [2.24, 2.45) is 0 Å². The van der Waals surface area contributed by atoms with Gasteiger partial charge in [-0.2, -0.15) is 0 Å². The number of nitrogens with zero attached hydrogens (tertiary/aromatic N) is 2. The van der Waals surface area contributed by atoms with Crippen LogP contribution in [0.4, 0.5) is 5.69 Å². The van der Waals surface area contributed by atoms with Gasteiger partial charge in [0.25, 0.3) is 0 Å². The monoisotopic (exact) mass is 370 g/mol. The van der Waals surface area contributed by atoms with Gasteiger partial charge in [-0.1, -0.05) is 78.9 Å². The Morgan fingerprint density at radius 1 is 0.714 bits per heavy atom. The van der Waals surface area contributed by atoms with Crippen LogP contribution in [0.3, 0.4) is 0 Å². The van der Waals surface area contributed by atoms with Crippen molar-refractivity contribution < 1.29 is 4.79 Å². The van der Waals surface area contributed by atoms with E-state index < -0.39 is 0 Å². The molecule has 3 nitrogen and oxygen atoms in total. The molecule has 1 aliphatic rings. The number of ketones is 1. The first-order chi connectivity index (χ1) is 13.8. The Morgan fingerprint density at radius 3 is 1.86 bits per heavy atom. The second-order valence-corrected chi connectivity index (χ2v) is 7.28. The van der Waals surface area contributed by atoms with E-state index in [4.69, 9.17) is 0 Å². The zero-order chi connectivity index (χ0) is 19.2. The van der Waals surface area contributed by atoms with Crippen molar-refractivity contribution in [3.8, 4) is 0 Å². The molecule has 0 saturated carbocycles. The molecule has 0 radical (unpaired) electrons. The van der Waals surface area contributed by atoms with Crippen LogP contribution in [0, 0.1) is 0 Å². The fourth-order valence-corrected chi connectivity index (χ4v) is 3.98. The largest absolute Gasteiger partial charge is 0.369 e. The molecule has 28 heavy (non-hydrogen) atoms. The number of benzene rings is 3. The quantitative estimate of drug-likeness (QED) is 0.581. The summed E-state index contributed by atoms with van der Waals surface area (Å²) in [4.78, 5) is 17.8. The van der Waals surface area contributed by atoms with Gasteiger partial charge in [-0.25, -0.2) is 0 Å². The molecular weight excluding hydrogens is 344 g/mol. The summed E-state index contributed by atoms with van der Waals surface area (Å²) in [5.74, 6) is 0.208. The van der Waals surface area contributed by atoms with Gasteiger partial charge in [0.05, 0.1) is 0 Å². The summed E-state index contributed by atoms with van der Waals surface area (Å²) in [6.45, 7) is 3.87. The minimum Gasteiger partial charge on any atom is -0.369 e. The molecule has 0 amide bonds. The number of carbonyl (C=O) groups is 1. The van der Waals surface area contributed by atoms with Gasteiger partial charge in [-0.05, 0) is 17.7 Å². The molecule has 1 saturated heterocycles. The highest BCUT2D eigenvalue weighted by molar-refractivity contribution is 5.96. The molecule has 1 fully saturated rings. The summed E-state index contributed by atoms with van der Waals surface area (Å²) >= 11 is 0. The topological polar surface area (TPSA) is 23.6 Å². The Hall–Kier alpha value is -2.91. The standard InChI is InChI=1S/C25H26N2O/c28-25(22-12-6-2-7-13-22)20-24(21-10-4-1-5-11-21)27-18-16-26(17-19-27)23-14-8-3-9-15-23/h1-15,24H,16-20H2/t24-/m0/s1. The van der Waals surface area contributed by atoms with Gasteiger partial charge in [0, 0.05) is 49.9 Å². The molecule has 0 unspecified atom stereocenters. The zero-order valence-corrected chi connectivity index (χ0v) is 16.1. The van der Waals surface area contributed by atoms with Crippen molar-refractivity contribution in [1.29, 1.82) is 0 Å². The van der Waals surface area contributed by atoms with Gasteiger partial charge in [0.15, 0.2) is 5.78 Å². The number of Topliss-reactive ketones (excluding diaryl/α,β-unsaturated/α-hetero) is 1. The fourth-order valence-electron chi connectivity index (χ4n) is 3.98. The van der Waals surface area contributed by atoms with Crippen molar-refractivity contribution in [1.82, 2.24) is 4.90 Å². The molecule has 0 aromatic heterocycles. The van der Waals surface area contributed by atoms with Crippen LogP contribution in [0.5, 0.6) is 0 Å². The maximum Gasteiger partial charge on any atom is 0.164 e. The highest BCUT2D eigenvalue weighted by Crippen LogP contribution is 2.28. The molecule has 1 heterocycles. The maximum atomic E-state index is 12.9. The van der Waals surface area contributed by atoms with Gasteiger partial charge in [0.2, 0.25) is 0 Å². The van der Waals surface area contributed by atoms with E-state index >= 15 is 0 Å². The first-order valence-corrected chi connectivity index (χ1v) is 9.98. The van der Waals surface area contributed by atoms with Gasteiger partial charge in [0.1, 0.15) is 0 Å². The second-order valence-electron chi connectivity index (χ2n) is 7.28. The second kappa shape index (κ2) is 8.85. The predicted molar refractivity (Wildman–Crippen MR) is 115 cm³/mol. The minimum absolute atomic E-state index is 0.117. The molecule has 1 atom stereocenters. The van der Waals surface area contributed by atoms with Crippen LogP contribution in [0.25, 0.3) is 0 Å². The predicted octanol–water partition coefficient (Wildman–Crippen LogP) is 4.82. The Bertz CT molecular complexity index is 872. The summed E-state index contributed by atoms with van der Waals surface area (Å²) in [6.07, 6.45) is 0.513. The fraction of sp³-hybridized carbons (Fsp3) is 0.240. The average Bonchev–Trinajstić information content (AvgIpc) is 2.79. The zero-order valence-electron chi connectivity index (χ0n) is 16.1. The molecular formula is C25H26N2O. The van der Waals surface area contributed by atoms with E-state index in [0.717, 1.165) is 31.7 Å². The highest BCUT2D eigenvalue weighted by atomic mass is 16.1. The molecule has 1 aliphatic heterocycles. The SMILES string of the molecule is O=C(C[C@@H](c1ccccc1)N1CCN(c2ccccc2)CC1)c1ccccc1. The average molecular weight is 370 g/mol. The third-order valence-electron chi connectivity index (χ3n) is 5.54. The number of carbonyl (C=O) groups excluding carboxylic acids is 1. The van der Waals surface area contributed by atoms with E-state index in [2.05, 4.69) is 64.4 Å². The van der Waals surface area contributed by atoms with Crippen molar-refractivity contribution >= 4 is 11.5 Å². The van der Waals surface area contributed by atoms with Crippen molar-refractivity contribution in [2.75, 3.05) is 31.1 Å². The van der Waals surface area contributed by atoms with Gasteiger partial charge in [-0.3, -0.25) is 9.69 Å². The van der Waals surface area contributed by atoms with Crippen LogP contribution >= 0.6 is 0 Å². The highest BCUT2D eigenvalue weighted by Gasteiger charge is 2.27. The first-order valence-electron chi connectivity index (χ1n) is 9.98. The van der Waals surface area contributed by atoms with E-state index in [1.165, 1.54) is 11.3 Å². The maximum absolute atomic E-state index is 12.9. The van der Waals surface area contributed by atoms with Gasteiger partial charge < -0.3 is 4.90 Å². The van der Waals surface area contributed by atoms with Crippen LogP contribution in [-0.4, -0.2) is 36.9 Å². The Balaban J connectivity index is 1.49. The van der Waals surface area contributed by atoms with Gasteiger partial charge >= 0.3 is 0 Å². The van der Waals surface area contributed by atoms with Crippen LogP contribution in [0.1, 0.15) is 28.4 Å². The van der Waals surface area contributed by atoms with Gasteiger partial charge in [-0.15, -0.1) is 0 Å². The van der Waals surface area contributed by atoms with Crippen LogP contribution < -0.4 is 4.90 Å². The normalized spacial score (nSPS) is 15.9. The van der Waals surface area contributed by atoms with Crippen molar-refractivity contribution in [2.45, 2.75) is 12.5 Å². The summed E-state index contributed by atoms with van der Waals surface area (Å²) in [5.41, 5.74) is 3.30. The smallest absolute Gasteiger partial charge is 0.164 e. The summed E-state index contributed by atoms with van der Waals surface area (Å²) in [7, 11) is 0. The minimum atomic E-state index is 0.117. The van der Waals surface area contributed by atoms with E-state index in [1.54, 1.807) is 0 Å². The third kappa shape index (κ3) is 4.32. The summed E-state index contributed by atoms with van der Waals surface area (Å²) in [5, 5.41) is 0. The molecule has 0 spiro atoms. The third-order valence-corrected chi connectivity index (χ3v) is 5.54. The van der Waals surface area contributed by atoms with Crippen molar-refractivity contribution in [3.63, 3.8) is 0 Å². The number of hydrogen-bond donors (Lipinski definition) is 0. The van der Waals surface area contributed by atoms with E-state index in [0.29, 0.717) is 6.42 Å². The molecule has 4 rings (SSSR count). The van der Waals surface area contributed by atoms with Crippen LogP contribution in [0.15, 0.2) is 91.0 Å². The summed E-state index contributed by atoms with van der Waals surface area (Å²) in [6, 6.07) is 30.8. The summed E-state index contributed by atoms with van der Waals surface area (Å²) < 4.78 is 0. The Kier molecular flexibility index (Phi) is 5.83. The molecule has 3 heteroatoms.